The van der Waals surface area contributed by atoms with Crippen molar-refractivity contribution in [3.63, 3.8) is 0 Å². The van der Waals surface area contributed by atoms with Crippen LogP contribution in [0.3, 0.4) is 0 Å². The molecule has 7 nitrogen and oxygen atoms in total. The lowest BCUT2D eigenvalue weighted by Crippen LogP contribution is -2.25. The molecule has 0 bridgehead atoms. The molecule has 2 aromatic heterocycles. The van der Waals surface area contributed by atoms with Gasteiger partial charge in [0.2, 0.25) is 0 Å². The highest BCUT2D eigenvalue weighted by atomic mass is 16.1. The Morgan fingerprint density at radius 2 is 2.50 bits per heavy atom. The first kappa shape index (κ1) is 10.3. The smallest absolute Gasteiger partial charge is 0.254 e. The van der Waals surface area contributed by atoms with Crippen molar-refractivity contribution in [1.29, 1.82) is 0 Å². The maximum atomic E-state index is 11.5. The molecule has 0 saturated carbocycles. The number of aryl methyl sites for hydroxylation is 1. The Morgan fingerprint density at radius 3 is 3.12 bits per heavy atom. The van der Waals surface area contributed by atoms with Gasteiger partial charge in [0.05, 0.1) is 11.8 Å². The van der Waals surface area contributed by atoms with Gasteiger partial charge in [-0.25, -0.2) is 4.98 Å². The highest BCUT2D eigenvalue weighted by molar-refractivity contribution is 5.93. The Kier molecular flexibility index (Phi) is 2.95. The standard InChI is InChI=1S/C9H12N6O/c1-15-6-11-8(14-15)2-3-10-9(16)7-4-12-13-5-7/h4-6H,2-3H2,1H3,(H,10,16)(H,12,13). The fourth-order valence-corrected chi connectivity index (χ4v) is 1.26. The lowest BCUT2D eigenvalue weighted by atomic mass is 10.3. The van der Waals surface area contributed by atoms with Crippen molar-refractivity contribution in [2.24, 2.45) is 7.05 Å². The van der Waals surface area contributed by atoms with Gasteiger partial charge in [-0.05, 0) is 0 Å². The summed E-state index contributed by atoms with van der Waals surface area (Å²) in [4.78, 5) is 15.5. The Morgan fingerprint density at radius 1 is 1.62 bits per heavy atom. The summed E-state index contributed by atoms with van der Waals surface area (Å²) < 4.78 is 1.63. The molecule has 1 amide bonds. The molecule has 0 aliphatic carbocycles. The van der Waals surface area contributed by atoms with Crippen molar-refractivity contribution in [3.05, 3.63) is 30.1 Å². The minimum Gasteiger partial charge on any atom is -0.351 e. The molecule has 0 aliphatic rings. The first-order valence-electron chi connectivity index (χ1n) is 4.87. The van der Waals surface area contributed by atoms with Crippen LogP contribution in [0.15, 0.2) is 18.7 Å². The van der Waals surface area contributed by atoms with Gasteiger partial charge in [0.25, 0.3) is 5.91 Å². The molecule has 0 unspecified atom stereocenters. The van der Waals surface area contributed by atoms with Crippen LogP contribution in [0.4, 0.5) is 0 Å². The molecule has 84 valence electrons. The van der Waals surface area contributed by atoms with Gasteiger partial charge >= 0.3 is 0 Å². The third-order valence-electron chi connectivity index (χ3n) is 2.04. The second-order valence-corrected chi connectivity index (χ2v) is 3.33. The number of rotatable bonds is 4. The summed E-state index contributed by atoms with van der Waals surface area (Å²) in [5.41, 5.74) is 0.522. The summed E-state index contributed by atoms with van der Waals surface area (Å²) in [5, 5.41) is 13.1. The summed E-state index contributed by atoms with van der Waals surface area (Å²) in [6, 6.07) is 0. The number of hydrogen-bond acceptors (Lipinski definition) is 4. The van der Waals surface area contributed by atoms with Gasteiger partial charge < -0.3 is 5.32 Å². The van der Waals surface area contributed by atoms with Gasteiger partial charge in [0.1, 0.15) is 6.33 Å². The number of carbonyl (C=O) groups excluding carboxylic acids is 1. The molecule has 0 aromatic carbocycles. The number of nitrogens with zero attached hydrogens (tertiary/aromatic N) is 4. The number of H-pyrrole nitrogens is 1. The van der Waals surface area contributed by atoms with Crippen LogP contribution >= 0.6 is 0 Å². The fraction of sp³-hybridized carbons (Fsp3) is 0.333. The van der Waals surface area contributed by atoms with Crippen molar-refractivity contribution in [2.45, 2.75) is 6.42 Å². The van der Waals surface area contributed by atoms with E-state index >= 15 is 0 Å². The van der Waals surface area contributed by atoms with Crippen LogP contribution in [0.2, 0.25) is 0 Å². The molecule has 2 N–H and O–H groups in total. The monoisotopic (exact) mass is 220 g/mol. The number of amides is 1. The summed E-state index contributed by atoms with van der Waals surface area (Å²) in [6.07, 6.45) is 5.28. The average molecular weight is 220 g/mol. The maximum absolute atomic E-state index is 11.5. The highest BCUT2D eigenvalue weighted by Gasteiger charge is 2.06. The predicted octanol–water partition coefficient (Wildman–Crippen LogP) is -0.489. The SMILES string of the molecule is Cn1cnc(CCNC(=O)c2cn[nH]c2)n1. The van der Waals surface area contributed by atoms with E-state index < -0.39 is 0 Å². The lowest BCUT2D eigenvalue weighted by Gasteiger charge is -2.00. The largest absolute Gasteiger partial charge is 0.351 e. The van der Waals surface area contributed by atoms with Crippen LogP contribution in [-0.2, 0) is 13.5 Å². The van der Waals surface area contributed by atoms with E-state index in [0.29, 0.717) is 18.5 Å². The number of aromatic nitrogens is 5. The minimum absolute atomic E-state index is 0.148. The van der Waals surface area contributed by atoms with E-state index in [1.807, 2.05) is 0 Å². The number of nitrogens with one attached hydrogen (secondary N) is 2. The number of hydrogen-bond donors (Lipinski definition) is 2. The topological polar surface area (TPSA) is 88.5 Å². The van der Waals surface area contributed by atoms with Crippen molar-refractivity contribution in [1.82, 2.24) is 30.3 Å². The Labute approximate surface area is 91.9 Å². The normalized spacial score (nSPS) is 10.3. The first-order chi connectivity index (χ1) is 7.75. The molecule has 7 heteroatoms. The molecule has 0 fully saturated rings. The van der Waals surface area contributed by atoms with Crippen LogP contribution < -0.4 is 5.32 Å². The van der Waals surface area contributed by atoms with Crippen molar-refractivity contribution in [3.8, 4) is 0 Å². The average Bonchev–Trinajstić information content (AvgIpc) is 2.89. The van der Waals surface area contributed by atoms with Crippen molar-refractivity contribution in [2.75, 3.05) is 6.54 Å². The van der Waals surface area contributed by atoms with Crippen LogP contribution in [-0.4, -0.2) is 37.4 Å². The fourth-order valence-electron chi connectivity index (χ4n) is 1.26. The van der Waals surface area contributed by atoms with Gasteiger partial charge in [0.15, 0.2) is 5.82 Å². The van der Waals surface area contributed by atoms with E-state index in [0.717, 1.165) is 5.82 Å². The second-order valence-electron chi connectivity index (χ2n) is 3.33. The van der Waals surface area contributed by atoms with E-state index in [9.17, 15) is 4.79 Å². The van der Waals surface area contributed by atoms with Crippen LogP contribution in [0, 0.1) is 0 Å². The summed E-state index contributed by atoms with van der Waals surface area (Å²) in [5.74, 6) is 0.569. The molecule has 2 heterocycles. The zero-order valence-corrected chi connectivity index (χ0v) is 8.84. The quantitative estimate of drug-likeness (QED) is 0.727. The zero-order valence-electron chi connectivity index (χ0n) is 8.84. The minimum atomic E-state index is -0.148. The molecule has 2 rings (SSSR count). The number of carbonyl (C=O) groups is 1. The second kappa shape index (κ2) is 4.56. The Balaban J connectivity index is 1.78. The maximum Gasteiger partial charge on any atom is 0.254 e. The van der Waals surface area contributed by atoms with E-state index in [4.69, 9.17) is 0 Å². The predicted molar refractivity (Wildman–Crippen MR) is 55.6 cm³/mol. The van der Waals surface area contributed by atoms with Crippen LogP contribution in [0.25, 0.3) is 0 Å². The molecule has 2 aromatic rings. The highest BCUT2D eigenvalue weighted by Crippen LogP contribution is 1.93. The van der Waals surface area contributed by atoms with Gasteiger partial charge in [-0.1, -0.05) is 0 Å². The van der Waals surface area contributed by atoms with Gasteiger partial charge in [-0.15, -0.1) is 0 Å². The lowest BCUT2D eigenvalue weighted by molar-refractivity contribution is 0.0954. The molecule has 0 spiro atoms. The van der Waals surface area contributed by atoms with Gasteiger partial charge in [0, 0.05) is 26.2 Å². The van der Waals surface area contributed by atoms with Crippen LogP contribution in [0.5, 0.6) is 0 Å². The Bertz CT molecular complexity index is 460. The van der Waals surface area contributed by atoms with Crippen molar-refractivity contribution >= 4 is 5.91 Å². The summed E-state index contributed by atoms with van der Waals surface area (Å²) >= 11 is 0. The van der Waals surface area contributed by atoms with E-state index in [-0.39, 0.29) is 5.91 Å². The molecule has 0 radical (unpaired) electrons. The zero-order chi connectivity index (χ0) is 11.4. The molecule has 16 heavy (non-hydrogen) atoms. The van der Waals surface area contributed by atoms with E-state index in [1.54, 1.807) is 24.3 Å². The third kappa shape index (κ3) is 2.44. The third-order valence-corrected chi connectivity index (χ3v) is 2.04. The molecule has 0 aliphatic heterocycles. The van der Waals surface area contributed by atoms with Gasteiger partial charge in [-0.3, -0.25) is 14.6 Å². The van der Waals surface area contributed by atoms with E-state index in [2.05, 4.69) is 25.6 Å². The molecule has 0 atom stereocenters. The Hall–Kier alpha value is -2.18. The molecule has 0 saturated heterocycles. The number of aromatic amines is 1. The summed E-state index contributed by atoms with van der Waals surface area (Å²) in [6.45, 7) is 0.508. The molecular weight excluding hydrogens is 208 g/mol. The first-order valence-corrected chi connectivity index (χ1v) is 4.87. The van der Waals surface area contributed by atoms with Crippen molar-refractivity contribution < 1.29 is 4.79 Å². The van der Waals surface area contributed by atoms with Gasteiger partial charge in [-0.2, -0.15) is 10.2 Å². The van der Waals surface area contributed by atoms with E-state index in [1.165, 1.54) is 6.20 Å². The van der Waals surface area contributed by atoms with Crippen LogP contribution in [0.1, 0.15) is 16.2 Å². The molecular formula is C9H12N6O. The summed E-state index contributed by atoms with van der Waals surface area (Å²) in [7, 11) is 1.81.